The van der Waals surface area contributed by atoms with Crippen molar-refractivity contribution < 1.29 is 35.5 Å². The van der Waals surface area contributed by atoms with Crippen LogP contribution in [0.5, 0.6) is 0 Å². The monoisotopic (exact) mass is 640 g/mol. The van der Waals surface area contributed by atoms with Crippen molar-refractivity contribution in [1.29, 1.82) is 0 Å². The molecule has 0 aliphatic heterocycles. The summed E-state index contributed by atoms with van der Waals surface area (Å²) >= 11 is 0. The molecule has 0 radical (unpaired) electrons. The summed E-state index contributed by atoms with van der Waals surface area (Å²) in [5, 5.41) is 0. The lowest BCUT2D eigenvalue weighted by atomic mass is 10.4. The van der Waals surface area contributed by atoms with Crippen LogP contribution in [0.2, 0.25) is 91.7 Å². The predicted molar refractivity (Wildman–Crippen MR) is 173 cm³/mol. The largest absolute Gasteiger partial charge is 0.460 e. The average Bonchev–Trinajstić information content (AvgIpc) is 2.58. The average molecular weight is 641 g/mol. The zero-order valence-corrected chi connectivity index (χ0v) is 33.1. The molecule has 0 spiro atoms. The van der Waals surface area contributed by atoms with Crippen molar-refractivity contribution in [3.63, 3.8) is 0 Å². The maximum atomic E-state index is 11.5. The van der Waals surface area contributed by atoms with E-state index in [0.29, 0.717) is 11.1 Å². The van der Waals surface area contributed by atoms with Crippen molar-refractivity contribution in [3.05, 3.63) is 24.3 Å². The molecule has 0 atom stereocenters. The van der Waals surface area contributed by atoms with Gasteiger partial charge in [0.25, 0.3) is 0 Å². The maximum absolute atomic E-state index is 11.5. The van der Waals surface area contributed by atoms with E-state index >= 15 is 0 Å². The van der Waals surface area contributed by atoms with Gasteiger partial charge in [0.1, 0.15) is 12.5 Å². The van der Waals surface area contributed by atoms with Gasteiger partial charge in [0.05, 0.1) is 0 Å². The van der Waals surface area contributed by atoms with E-state index in [2.05, 4.69) is 91.7 Å². The first kappa shape index (κ1) is 39.7. The molecule has 38 heavy (non-hydrogen) atoms. The zero-order chi connectivity index (χ0) is 31.0. The lowest BCUT2D eigenvalue weighted by Gasteiger charge is -2.37. The van der Waals surface area contributed by atoms with Gasteiger partial charge in [0.2, 0.25) is 0 Å². The third kappa shape index (κ3) is 22.4. The molecule has 0 saturated heterocycles. The first-order valence-electron chi connectivity index (χ1n) is 12.9. The molecule has 0 heterocycles. The van der Waals surface area contributed by atoms with Gasteiger partial charge in [-0.2, -0.15) is 0 Å². The molecule has 224 valence electrons. The molecule has 0 fully saturated rings. The van der Waals surface area contributed by atoms with Crippen molar-refractivity contribution in [2.75, 3.05) is 12.5 Å². The van der Waals surface area contributed by atoms with Crippen LogP contribution in [0.25, 0.3) is 0 Å². The number of rotatable bonds is 14. The Balaban J connectivity index is 0. The van der Waals surface area contributed by atoms with E-state index in [1.807, 2.05) is 13.1 Å². The zero-order valence-electron chi connectivity index (χ0n) is 27.1. The Morgan fingerprint density at radius 1 is 0.474 bits per heavy atom. The van der Waals surface area contributed by atoms with Crippen molar-refractivity contribution in [1.82, 2.24) is 0 Å². The topological polar surface area (TPSA) is 89.5 Å². The smallest absolute Gasteiger partial charge is 0.353 e. The Bertz CT molecular complexity index is 720. The highest BCUT2D eigenvalue weighted by Gasteiger charge is 2.43. The molecular weight excluding hydrogens is 585 g/mol. The van der Waals surface area contributed by atoms with Gasteiger partial charge in [-0.15, -0.1) is 0 Å². The van der Waals surface area contributed by atoms with Gasteiger partial charge in [-0.3, -0.25) is 0 Å². The fourth-order valence-electron chi connectivity index (χ4n) is 3.39. The number of carbonyl (C=O) groups excluding carboxylic acids is 2. The van der Waals surface area contributed by atoms with Gasteiger partial charge in [-0.05, 0) is 106 Å². The number of ether oxygens (including phenoxy) is 2. The highest BCUT2D eigenvalue weighted by atomic mass is 28.5. The van der Waals surface area contributed by atoms with Crippen LogP contribution < -0.4 is 0 Å². The fraction of sp³-hybridized carbons (Fsp3) is 0.750. The molecule has 8 nitrogen and oxygen atoms in total. The minimum Gasteiger partial charge on any atom is -0.460 e. The maximum Gasteiger partial charge on any atom is 0.353 e. The molecule has 0 aromatic carbocycles. The SMILES string of the molecule is C=C(C)C(=O)OC[Si](C)(O[Si](C)(C)C)O[Si](C)(C)C.C=C(C)C(=O)OC[Si](C)(O[Si](C)(C)C)O[Si](C)(C)C. The van der Waals surface area contributed by atoms with E-state index < -0.39 is 50.4 Å². The predicted octanol–water partition coefficient (Wildman–Crippen LogP) is 6.84. The second-order valence-corrected chi connectivity index (χ2v) is 39.1. The summed E-state index contributed by atoms with van der Waals surface area (Å²) in [6, 6.07) is 0. The van der Waals surface area contributed by atoms with E-state index in [9.17, 15) is 9.59 Å². The third-order valence-electron chi connectivity index (χ3n) is 3.72. The van der Waals surface area contributed by atoms with E-state index in [1.165, 1.54) is 0 Å². The summed E-state index contributed by atoms with van der Waals surface area (Å²) in [5.74, 6) is -0.755. The lowest BCUT2D eigenvalue weighted by molar-refractivity contribution is -0.138. The van der Waals surface area contributed by atoms with Crippen LogP contribution in [0.4, 0.5) is 0 Å². The van der Waals surface area contributed by atoms with E-state index in [0.717, 1.165) is 0 Å². The fourth-order valence-corrected chi connectivity index (χ4v) is 26.9. The van der Waals surface area contributed by atoms with Crippen LogP contribution >= 0.6 is 0 Å². The van der Waals surface area contributed by atoms with E-state index in [-0.39, 0.29) is 24.4 Å². The Morgan fingerprint density at radius 3 is 0.789 bits per heavy atom. The van der Waals surface area contributed by atoms with Gasteiger partial charge in [0.15, 0.2) is 33.3 Å². The highest BCUT2D eigenvalue weighted by molar-refractivity contribution is 6.88. The van der Waals surface area contributed by atoms with Crippen molar-refractivity contribution in [3.8, 4) is 0 Å². The van der Waals surface area contributed by atoms with Crippen LogP contribution in [0.1, 0.15) is 13.8 Å². The molecule has 0 aliphatic rings. The van der Waals surface area contributed by atoms with Gasteiger partial charge < -0.3 is 25.9 Å². The molecule has 14 heteroatoms. The first-order valence-corrected chi connectivity index (χ1v) is 31.6. The lowest BCUT2D eigenvalue weighted by Crippen LogP contribution is -2.56. The molecule has 0 aromatic rings. The van der Waals surface area contributed by atoms with Crippen LogP contribution in [-0.4, -0.2) is 74.8 Å². The van der Waals surface area contributed by atoms with Gasteiger partial charge in [-0.25, -0.2) is 9.59 Å². The minimum atomic E-state index is -2.49. The molecule has 0 amide bonds. The normalized spacial score (nSPS) is 13.3. The number of carbonyl (C=O) groups is 2. The summed E-state index contributed by atoms with van der Waals surface area (Å²) in [6.45, 7) is 39.8. The Morgan fingerprint density at radius 2 is 0.658 bits per heavy atom. The first-order chi connectivity index (χ1) is 16.5. The van der Waals surface area contributed by atoms with Gasteiger partial charge in [0, 0.05) is 11.1 Å². The summed E-state index contributed by atoms with van der Waals surface area (Å²) in [6.07, 6.45) is 0.459. The Kier molecular flexibility index (Phi) is 15.6. The molecule has 0 bridgehead atoms. The molecular formula is C24H56O8Si6. The summed E-state index contributed by atoms with van der Waals surface area (Å²) < 4.78 is 35.4. The van der Waals surface area contributed by atoms with Crippen LogP contribution in [0, 0.1) is 0 Å². The number of hydrogen-bond acceptors (Lipinski definition) is 8. The summed E-state index contributed by atoms with van der Waals surface area (Å²) in [7, 11) is -12.0. The Labute approximate surface area is 239 Å². The summed E-state index contributed by atoms with van der Waals surface area (Å²) in [4.78, 5) is 23.1. The van der Waals surface area contributed by atoms with E-state index in [4.69, 9.17) is 25.9 Å². The van der Waals surface area contributed by atoms with Gasteiger partial charge in [-0.1, -0.05) is 13.2 Å². The molecule has 0 aliphatic carbocycles. The molecule has 0 N–H and O–H groups in total. The molecule has 0 saturated carbocycles. The van der Waals surface area contributed by atoms with Crippen LogP contribution in [-0.2, 0) is 35.5 Å². The second kappa shape index (κ2) is 15.0. The van der Waals surface area contributed by atoms with Crippen LogP contribution in [0.15, 0.2) is 24.3 Å². The Hall–Kier alpha value is -0.439. The molecule has 0 rings (SSSR count). The van der Waals surface area contributed by atoms with Crippen molar-refractivity contribution >= 4 is 62.3 Å². The second-order valence-electron chi connectivity index (χ2n) is 13.8. The number of esters is 2. The van der Waals surface area contributed by atoms with Crippen LogP contribution in [0.3, 0.4) is 0 Å². The molecule has 0 unspecified atom stereocenters. The number of hydrogen-bond donors (Lipinski definition) is 0. The van der Waals surface area contributed by atoms with Crippen molar-refractivity contribution in [2.24, 2.45) is 0 Å². The standard InChI is InChI=1S/2C12H28O4Si3/c2*1-11(2)12(13)14-10-19(9,15-17(3,4)5)16-18(6,7)8/h2*1,10H2,2-9H3. The van der Waals surface area contributed by atoms with E-state index in [1.54, 1.807) is 13.8 Å². The third-order valence-corrected chi connectivity index (χ3v) is 21.8. The minimum absolute atomic E-state index is 0.229. The quantitative estimate of drug-likeness (QED) is 0.116. The van der Waals surface area contributed by atoms with Crippen molar-refractivity contribution in [2.45, 2.75) is 106 Å². The highest BCUT2D eigenvalue weighted by Crippen LogP contribution is 2.22. The van der Waals surface area contributed by atoms with Gasteiger partial charge >= 0.3 is 29.1 Å². The molecule has 0 aromatic heterocycles. The summed E-state index contributed by atoms with van der Waals surface area (Å²) in [5.41, 5.74) is 0.801.